The number of hydrogen-bond donors (Lipinski definition) is 0. The van der Waals surface area contributed by atoms with Crippen molar-refractivity contribution < 1.29 is 4.79 Å². The third-order valence-electron chi connectivity index (χ3n) is 4.78. The molecule has 28 heavy (non-hydrogen) atoms. The number of aryl methyl sites for hydroxylation is 1. The Labute approximate surface area is 165 Å². The Bertz CT molecular complexity index is 1050. The number of carbonyl (C=O) groups excluding carboxylic acids is 1. The number of aromatic nitrogens is 3. The summed E-state index contributed by atoms with van der Waals surface area (Å²) in [7, 11) is 0. The van der Waals surface area contributed by atoms with E-state index in [4.69, 9.17) is 0 Å². The van der Waals surface area contributed by atoms with Crippen molar-refractivity contribution >= 4 is 11.9 Å². The van der Waals surface area contributed by atoms with Gasteiger partial charge in [-0.3, -0.25) is 9.48 Å². The molecule has 0 bridgehead atoms. The van der Waals surface area contributed by atoms with Crippen LogP contribution in [0.5, 0.6) is 0 Å². The highest BCUT2D eigenvalue weighted by molar-refractivity contribution is 6.14. The Morgan fingerprint density at radius 3 is 2.68 bits per heavy atom. The second-order valence-corrected chi connectivity index (χ2v) is 6.89. The SMILES string of the molecule is CCCn1c(C)cc(C(=O)/C(C#N)=C/c2cnn(Cc3ccccc3)c2)c1C. The van der Waals surface area contributed by atoms with Gasteiger partial charge >= 0.3 is 0 Å². The molecule has 0 aliphatic rings. The van der Waals surface area contributed by atoms with Gasteiger partial charge in [-0.05, 0) is 38.0 Å². The van der Waals surface area contributed by atoms with Gasteiger partial charge in [-0.1, -0.05) is 37.3 Å². The highest BCUT2D eigenvalue weighted by Gasteiger charge is 2.19. The van der Waals surface area contributed by atoms with Crippen LogP contribution in [0.1, 0.15) is 46.2 Å². The molecule has 0 aliphatic heterocycles. The van der Waals surface area contributed by atoms with Crippen LogP contribution in [0.2, 0.25) is 0 Å². The van der Waals surface area contributed by atoms with E-state index in [0.29, 0.717) is 12.1 Å². The monoisotopic (exact) mass is 372 g/mol. The Morgan fingerprint density at radius 1 is 1.25 bits per heavy atom. The van der Waals surface area contributed by atoms with E-state index >= 15 is 0 Å². The van der Waals surface area contributed by atoms with Gasteiger partial charge in [-0.15, -0.1) is 0 Å². The summed E-state index contributed by atoms with van der Waals surface area (Å²) in [5.41, 5.74) is 4.54. The zero-order valence-electron chi connectivity index (χ0n) is 16.5. The van der Waals surface area contributed by atoms with Crippen LogP contribution in [0.4, 0.5) is 0 Å². The summed E-state index contributed by atoms with van der Waals surface area (Å²) in [6.45, 7) is 7.53. The van der Waals surface area contributed by atoms with E-state index in [0.717, 1.165) is 35.5 Å². The molecule has 5 heteroatoms. The predicted octanol–water partition coefficient (Wildman–Crippen LogP) is 4.55. The molecule has 0 amide bonds. The van der Waals surface area contributed by atoms with Crippen molar-refractivity contribution in [2.75, 3.05) is 0 Å². The van der Waals surface area contributed by atoms with Gasteiger partial charge in [0.1, 0.15) is 11.6 Å². The lowest BCUT2D eigenvalue weighted by atomic mass is 10.0. The number of hydrogen-bond acceptors (Lipinski definition) is 3. The topological polar surface area (TPSA) is 63.6 Å². The fourth-order valence-electron chi connectivity index (χ4n) is 3.37. The van der Waals surface area contributed by atoms with E-state index in [1.807, 2.05) is 56.4 Å². The number of Topliss-reactive ketones (excluding diaryl/α,β-unsaturated/α-hetero) is 1. The summed E-state index contributed by atoms with van der Waals surface area (Å²) >= 11 is 0. The first-order valence-corrected chi connectivity index (χ1v) is 9.43. The van der Waals surface area contributed by atoms with Crippen LogP contribution in [0.15, 0.2) is 54.4 Å². The molecule has 0 N–H and O–H groups in total. The maximum Gasteiger partial charge on any atom is 0.205 e. The number of rotatable bonds is 7. The summed E-state index contributed by atoms with van der Waals surface area (Å²) in [4.78, 5) is 12.9. The van der Waals surface area contributed by atoms with Gasteiger partial charge in [0, 0.05) is 35.3 Å². The fraction of sp³-hybridized carbons (Fsp3) is 0.261. The number of allylic oxidation sites excluding steroid dienone is 1. The Hall–Kier alpha value is -3.39. The summed E-state index contributed by atoms with van der Waals surface area (Å²) < 4.78 is 3.92. The van der Waals surface area contributed by atoms with E-state index in [-0.39, 0.29) is 11.4 Å². The molecule has 142 valence electrons. The first-order chi connectivity index (χ1) is 13.5. The maximum atomic E-state index is 12.9. The zero-order chi connectivity index (χ0) is 20.1. The Morgan fingerprint density at radius 2 is 2.00 bits per heavy atom. The van der Waals surface area contributed by atoms with Gasteiger partial charge < -0.3 is 4.57 Å². The molecule has 2 heterocycles. The van der Waals surface area contributed by atoms with Crippen LogP contribution >= 0.6 is 0 Å². The Kier molecular flexibility index (Phi) is 5.90. The maximum absolute atomic E-state index is 12.9. The lowest BCUT2D eigenvalue weighted by Crippen LogP contribution is -2.06. The van der Waals surface area contributed by atoms with Gasteiger partial charge in [0.05, 0.1) is 12.7 Å². The smallest absolute Gasteiger partial charge is 0.205 e. The van der Waals surface area contributed by atoms with Gasteiger partial charge in [0.2, 0.25) is 5.78 Å². The first kappa shape index (κ1) is 19.4. The molecule has 3 rings (SSSR count). The van der Waals surface area contributed by atoms with Crippen molar-refractivity contribution in [3.8, 4) is 6.07 Å². The van der Waals surface area contributed by atoms with Gasteiger partial charge in [0.15, 0.2) is 0 Å². The van der Waals surface area contributed by atoms with Crippen LogP contribution < -0.4 is 0 Å². The van der Waals surface area contributed by atoms with E-state index < -0.39 is 0 Å². The summed E-state index contributed by atoms with van der Waals surface area (Å²) in [5.74, 6) is -0.242. The van der Waals surface area contributed by atoms with Gasteiger partial charge in [0.25, 0.3) is 0 Å². The second kappa shape index (κ2) is 8.53. The molecular formula is C23H24N4O. The van der Waals surface area contributed by atoms with Crippen molar-refractivity contribution in [3.63, 3.8) is 0 Å². The molecular weight excluding hydrogens is 348 g/mol. The molecule has 0 spiro atoms. The van der Waals surface area contributed by atoms with Gasteiger partial charge in [-0.2, -0.15) is 10.4 Å². The normalized spacial score (nSPS) is 11.4. The van der Waals surface area contributed by atoms with Crippen LogP contribution in [0.3, 0.4) is 0 Å². The third kappa shape index (κ3) is 4.12. The van der Waals surface area contributed by atoms with Crippen LogP contribution in [0, 0.1) is 25.2 Å². The minimum atomic E-state index is -0.242. The average molecular weight is 372 g/mol. The number of nitriles is 1. The summed E-state index contributed by atoms with van der Waals surface area (Å²) in [6.07, 6.45) is 6.13. The van der Waals surface area contributed by atoms with E-state index in [1.54, 1.807) is 17.0 Å². The largest absolute Gasteiger partial charge is 0.348 e. The lowest BCUT2D eigenvalue weighted by Gasteiger charge is -2.07. The predicted molar refractivity (Wildman–Crippen MR) is 110 cm³/mol. The highest BCUT2D eigenvalue weighted by Crippen LogP contribution is 2.20. The highest BCUT2D eigenvalue weighted by atomic mass is 16.1. The van der Waals surface area contributed by atoms with Gasteiger partial charge in [-0.25, -0.2) is 0 Å². The molecule has 1 aromatic carbocycles. The zero-order valence-corrected chi connectivity index (χ0v) is 16.5. The van der Waals surface area contributed by atoms with Crippen LogP contribution in [-0.2, 0) is 13.1 Å². The Balaban J connectivity index is 1.84. The number of benzene rings is 1. The van der Waals surface area contributed by atoms with Crippen molar-refractivity contribution in [2.24, 2.45) is 0 Å². The molecule has 0 radical (unpaired) electrons. The quantitative estimate of drug-likeness (QED) is 0.347. The average Bonchev–Trinajstić information content (AvgIpc) is 3.25. The number of carbonyl (C=O) groups is 1. The summed E-state index contributed by atoms with van der Waals surface area (Å²) in [6, 6.07) is 14.0. The molecule has 0 saturated carbocycles. The van der Waals surface area contributed by atoms with Crippen LogP contribution in [-0.4, -0.2) is 20.1 Å². The van der Waals surface area contributed by atoms with Crippen molar-refractivity contribution in [2.45, 2.75) is 40.3 Å². The number of nitrogens with zero attached hydrogens (tertiary/aromatic N) is 4. The molecule has 0 fully saturated rings. The number of ketones is 1. The van der Waals surface area contributed by atoms with Crippen LogP contribution in [0.25, 0.3) is 6.08 Å². The molecule has 0 atom stereocenters. The fourth-order valence-corrected chi connectivity index (χ4v) is 3.37. The minimum absolute atomic E-state index is 0.121. The molecule has 0 saturated heterocycles. The molecule has 0 unspecified atom stereocenters. The van der Waals surface area contributed by atoms with E-state index in [2.05, 4.69) is 22.7 Å². The molecule has 2 aromatic heterocycles. The van der Waals surface area contributed by atoms with E-state index in [1.165, 1.54) is 0 Å². The second-order valence-electron chi connectivity index (χ2n) is 6.89. The van der Waals surface area contributed by atoms with Crippen molar-refractivity contribution in [1.82, 2.24) is 14.3 Å². The molecule has 0 aliphatic carbocycles. The summed E-state index contributed by atoms with van der Waals surface area (Å²) in [5, 5.41) is 13.9. The van der Waals surface area contributed by atoms with E-state index in [9.17, 15) is 10.1 Å². The standard InChI is InChI=1S/C23H24N4O/c1-4-10-27-17(2)11-22(18(27)3)23(28)21(13-24)12-20-14-25-26(16-20)15-19-8-6-5-7-9-19/h5-9,11-12,14,16H,4,10,15H2,1-3H3/b21-12+. The molecule has 3 aromatic rings. The lowest BCUT2D eigenvalue weighted by molar-refractivity contribution is 0.103. The minimum Gasteiger partial charge on any atom is -0.348 e. The van der Waals surface area contributed by atoms with Crippen molar-refractivity contribution in [1.29, 1.82) is 5.26 Å². The van der Waals surface area contributed by atoms with Crippen molar-refractivity contribution in [3.05, 3.63) is 82.4 Å². The first-order valence-electron chi connectivity index (χ1n) is 9.43. The molecule has 5 nitrogen and oxygen atoms in total. The third-order valence-corrected chi connectivity index (χ3v) is 4.78.